The van der Waals surface area contributed by atoms with Crippen molar-refractivity contribution in [1.29, 1.82) is 0 Å². The van der Waals surface area contributed by atoms with Crippen molar-refractivity contribution in [1.82, 2.24) is 20.5 Å². The number of carbonyl (C=O) groups is 1. The van der Waals surface area contributed by atoms with Gasteiger partial charge in [0.2, 0.25) is 0 Å². The molecule has 2 N–H and O–H groups in total. The van der Waals surface area contributed by atoms with Crippen LogP contribution < -0.4 is 5.32 Å². The standard InChI is InChI=1S/C11H20N4O2S/c1-3-6-12-9(10(16)17-4-2)5-7-18-11-13-8-14-15-11/h8-9,12H,3-7H2,1-2H3,(H,13,14,15). The van der Waals surface area contributed by atoms with Gasteiger partial charge in [-0.2, -0.15) is 5.10 Å². The van der Waals surface area contributed by atoms with Gasteiger partial charge in [0.25, 0.3) is 0 Å². The number of thioether (sulfide) groups is 1. The second-order valence-electron chi connectivity index (χ2n) is 3.69. The lowest BCUT2D eigenvalue weighted by atomic mass is 10.2. The van der Waals surface area contributed by atoms with Gasteiger partial charge in [0.1, 0.15) is 12.4 Å². The highest BCUT2D eigenvalue weighted by Crippen LogP contribution is 2.13. The Balaban J connectivity index is 2.32. The van der Waals surface area contributed by atoms with Crippen LogP contribution >= 0.6 is 11.8 Å². The summed E-state index contributed by atoms with van der Waals surface area (Å²) in [4.78, 5) is 15.7. The van der Waals surface area contributed by atoms with Crippen LogP contribution in [-0.2, 0) is 9.53 Å². The number of aromatic amines is 1. The van der Waals surface area contributed by atoms with Gasteiger partial charge in [-0.25, -0.2) is 4.98 Å². The Kier molecular flexibility index (Phi) is 7.43. The lowest BCUT2D eigenvalue weighted by Crippen LogP contribution is -2.39. The summed E-state index contributed by atoms with van der Waals surface area (Å²) in [5.74, 6) is 0.610. The summed E-state index contributed by atoms with van der Waals surface area (Å²) in [6, 6.07) is -0.236. The molecule has 1 heterocycles. The van der Waals surface area contributed by atoms with E-state index in [4.69, 9.17) is 4.74 Å². The number of nitrogens with one attached hydrogen (secondary N) is 2. The van der Waals surface area contributed by atoms with Crippen molar-refractivity contribution in [2.75, 3.05) is 18.9 Å². The normalized spacial score (nSPS) is 12.3. The number of rotatable bonds is 9. The molecule has 0 amide bonds. The summed E-state index contributed by atoms with van der Waals surface area (Å²) < 4.78 is 5.04. The van der Waals surface area contributed by atoms with Crippen molar-refractivity contribution >= 4 is 17.7 Å². The second-order valence-corrected chi connectivity index (χ2v) is 4.77. The molecular weight excluding hydrogens is 252 g/mol. The van der Waals surface area contributed by atoms with Crippen LogP contribution in [0.15, 0.2) is 11.5 Å². The van der Waals surface area contributed by atoms with Gasteiger partial charge in [0, 0.05) is 5.75 Å². The zero-order valence-corrected chi connectivity index (χ0v) is 11.6. The maximum Gasteiger partial charge on any atom is 0.323 e. The van der Waals surface area contributed by atoms with E-state index >= 15 is 0 Å². The number of nitrogens with zero attached hydrogens (tertiary/aromatic N) is 2. The molecule has 18 heavy (non-hydrogen) atoms. The van der Waals surface area contributed by atoms with E-state index in [1.54, 1.807) is 11.8 Å². The number of H-pyrrole nitrogens is 1. The average molecular weight is 272 g/mol. The first-order valence-electron chi connectivity index (χ1n) is 6.16. The highest BCUT2D eigenvalue weighted by atomic mass is 32.2. The van der Waals surface area contributed by atoms with Crippen LogP contribution in [0.2, 0.25) is 0 Å². The Bertz CT molecular complexity index is 332. The van der Waals surface area contributed by atoms with E-state index in [1.165, 1.54) is 6.33 Å². The van der Waals surface area contributed by atoms with Gasteiger partial charge in [-0.1, -0.05) is 18.7 Å². The molecule has 1 aromatic heterocycles. The lowest BCUT2D eigenvalue weighted by Gasteiger charge is -2.16. The number of hydrogen-bond donors (Lipinski definition) is 2. The van der Waals surface area contributed by atoms with Gasteiger partial charge in [-0.15, -0.1) is 0 Å². The Morgan fingerprint density at radius 2 is 2.44 bits per heavy atom. The van der Waals surface area contributed by atoms with Gasteiger partial charge in [-0.3, -0.25) is 9.89 Å². The van der Waals surface area contributed by atoms with E-state index in [1.807, 2.05) is 6.92 Å². The minimum atomic E-state index is -0.236. The summed E-state index contributed by atoms with van der Waals surface area (Å²) in [7, 11) is 0. The minimum Gasteiger partial charge on any atom is -0.465 e. The van der Waals surface area contributed by atoms with E-state index in [0.29, 0.717) is 13.0 Å². The smallest absolute Gasteiger partial charge is 0.323 e. The molecule has 0 aliphatic rings. The molecule has 102 valence electrons. The van der Waals surface area contributed by atoms with Crippen molar-refractivity contribution < 1.29 is 9.53 Å². The first-order valence-corrected chi connectivity index (χ1v) is 7.14. The monoisotopic (exact) mass is 272 g/mol. The Labute approximate surface area is 111 Å². The number of ether oxygens (including phenoxy) is 1. The third-order valence-corrected chi connectivity index (χ3v) is 3.16. The predicted octanol–water partition coefficient (Wildman–Crippen LogP) is 1.22. The van der Waals surface area contributed by atoms with Crippen molar-refractivity contribution in [3.63, 3.8) is 0 Å². The molecule has 0 saturated heterocycles. The maximum absolute atomic E-state index is 11.7. The molecular formula is C11H20N4O2S. The third-order valence-electron chi connectivity index (χ3n) is 2.25. The van der Waals surface area contributed by atoms with Crippen molar-refractivity contribution in [2.45, 2.75) is 37.9 Å². The van der Waals surface area contributed by atoms with Gasteiger partial charge in [0.15, 0.2) is 5.16 Å². The van der Waals surface area contributed by atoms with Crippen molar-refractivity contribution in [3.05, 3.63) is 6.33 Å². The molecule has 0 saturated carbocycles. The van der Waals surface area contributed by atoms with E-state index in [9.17, 15) is 4.79 Å². The molecule has 0 aliphatic heterocycles. The second kappa shape index (κ2) is 8.93. The molecule has 0 aliphatic carbocycles. The quantitative estimate of drug-likeness (QED) is 0.520. The molecule has 0 bridgehead atoms. The molecule has 6 nitrogen and oxygen atoms in total. The average Bonchev–Trinajstić information content (AvgIpc) is 2.86. The van der Waals surface area contributed by atoms with Gasteiger partial charge in [0.05, 0.1) is 6.61 Å². The van der Waals surface area contributed by atoms with Crippen LogP contribution in [0.4, 0.5) is 0 Å². The van der Waals surface area contributed by atoms with Gasteiger partial charge < -0.3 is 10.1 Å². The van der Waals surface area contributed by atoms with E-state index in [-0.39, 0.29) is 12.0 Å². The molecule has 1 unspecified atom stereocenters. The topological polar surface area (TPSA) is 79.9 Å². The van der Waals surface area contributed by atoms with Crippen LogP contribution in [-0.4, -0.2) is 46.1 Å². The number of esters is 1. The van der Waals surface area contributed by atoms with Crippen molar-refractivity contribution in [2.24, 2.45) is 0 Å². The predicted molar refractivity (Wildman–Crippen MR) is 70.4 cm³/mol. The van der Waals surface area contributed by atoms with E-state index in [2.05, 4.69) is 27.4 Å². The van der Waals surface area contributed by atoms with E-state index < -0.39 is 0 Å². The Morgan fingerprint density at radius 3 is 3.06 bits per heavy atom. The SMILES string of the molecule is CCCNC(CCSc1ncn[nH]1)C(=O)OCC. The summed E-state index contributed by atoms with van der Waals surface area (Å²) in [5.41, 5.74) is 0. The summed E-state index contributed by atoms with van der Waals surface area (Å²) >= 11 is 1.55. The minimum absolute atomic E-state index is 0.177. The fourth-order valence-corrected chi connectivity index (χ4v) is 2.19. The van der Waals surface area contributed by atoms with Crippen LogP contribution in [0, 0.1) is 0 Å². The first kappa shape index (κ1) is 15.0. The molecule has 0 aromatic carbocycles. The highest BCUT2D eigenvalue weighted by Gasteiger charge is 2.18. The molecule has 0 radical (unpaired) electrons. The Morgan fingerprint density at radius 1 is 1.61 bits per heavy atom. The number of hydrogen-bond acceptors (Lipinski definition) is 6. The zero-order chi connectivity index (χ0) is 13.2. The third kappa shape index (κ3) is 5.50. The van der Waals surface area contributed by atoms with Crippen LogP contribution in [0.5, 0.6) is 0 Å². The van der Waals surface area contributed by atoms with Gasteiger partial charge >= 0.3 is 5.97 Å². The number of carbonyl (C=O) groups excluding carboxylic acids is 1. The molecule has 0 spiro atoms. The molecule has 7 heteroatoms. The fourth-order valence-electron chi connectivity index (χ4n) is 1.40. The van der Waals surface area contributed by atoms with Crippen LogP contribution in [0.1, 0.15) is 26.7 Å². The summed E-state index contributed by atoms with van der Waals surface area (Å²) in [6.45, 7) is 5.12. The molecule has 1 aromatic rings. The largest absolute Gasteiger partial charge is 0.465 e. The lowest BCUT2D eigenvalue weighted by molar-refractivity contribution is -0.145. The van der Waals surface area contributed by atoms with Crippen molar-refractivity contribution in [3.8, 4) is 0 Å². The maximum atomic E-state index is 11.7. The molecule has 1 atom stereocenters. The highest BCUT2D eigenvalue weighted by molar-refractivity contribution is 7.99. The molecule has 1 rings (SSSR count). The van der Waals surface area contributed by atoms with Crippen LogP contribution in [0.3, 0.4) is 0 Å². The Hall–Kier alpha value is -1.08. The summed E-state index contributed by atoms with van der Waals surface area (Å²) in [6.07, 6.45) is 3.18. The molecule has 0 fully saturated rings. The fraction of sp³-hybridized carbons (Fsp3) is 0.727. The zero-order valence-electron chi connectivity index (χ0n) is 10.8. The first-order chi connectivity index (χ1) is 8.77. The van der Waals surface area contributed by atoms with Gasteiger partial charge in [-0.05, 0) is 26.3 Å². The van der Waals surface area contributed by atoms with Crippen LogP contribution in [0.25, 0.3) is 0 Å². The van der Waals surface area contributed by atoms with E-state index in [0.717, 1.165) is 23.9 Å². The summed E-state index contributed by atoms with van der Waals surface area (Å²) in [5, 5.41) is 10.5. The number of aromatic nitrogens is 3.